The third-order valence-corrected chi connectivity index (χ3v) is 3.72. The average Bonchev–Trinajstić information content (AvgIpc) is 2.79. The maximum atomic E-state index is 11.1. The number of primary amides is 1. The molecule has 0 saturated carbocycles. The molecule has 0 aliphatic carbocycles. The van der Waals surface area contributed by atoms with Gasteiger partial charge in [0.05, 0.1) is 9.82 Å². The predicted octanol–water partition coefficient (Wildman–Crippen LogP) is 0.713. The van der Waals surface area contributed by atoms with E-state index >= 15 is 0 Å². The maximum absolute atomic E-state index is 11.1. The quantitative estimate of drug-likeness (QED) is 0.470. The summed E-state index contributed by atoms with van der Waals surface area (Å²) in [5.74, 6) is 5.63. The fourth-order valence-corrected chi connectivity index (χ4v) is 2.47. The Balaban J connectivity index is 2.41. The highest BCUT2D eigenvalue weighted by molar-refractivity contribution is 7.99. The van der Waals surface area contributed by atoms with Gasteiger partial charge in [0.1, 0.15) is 0 Å². The van der Waals surface area contributed by atoms with Crippen molar-refractivity contribution >= 4 is 23.4 Å². The summed E-state index contributed by atoms with van der Waals surface area (Å²) in [6.07, 6.45) is 0.590. The van der Waals surface area contributed by atoms with E-state index in [1.54, 1.807) is 0 Å². The number of hydrogen-bond donors (Lipinski definition) is 2. The molecule has 1 amide bonds. The van der Waals surface area contributed by atoms with Gasteiger partial charge in [0.25, 0.3) is 5.69 Å². The number of benzene rings is 1. The molecule has 21 heavy (non-hydrogen) atoms. The molecule has 2 rings (SSSR count). The van der Waals surface area contributed by atoms with E-state index in [-0.39, 0.29) is 11.3 Å². The lowest BCUT2D eigenvalue weighted by Crippen LogP contribution is -2.13. The van der Waals surface area contributed by atoms with Crippen LogP contribution < -0.4 is 11.6 Å². The number of nitrogens with two attached hydrogens (primary N) is 2. The molecule has 0 aliphatic rings. The van der Waals surface area contributed by atoms with E-state index in [1.165, 1.54) is 16.8 Å². The smallest absolute Gasteiger partial charge is 0.284 e. The molecule has 0 radical (unpaired) electrons. The SMILES string of the molecule is CCc1nnc(Sc2ccc(C(N)=O)cc2[N+](=O)[O-])n1N. The predicted molar refractivity (Wildman–Crippen MR) is 75.3 cm³/mol. The number of carbonyl (C=O) groups excluding carboxylic acids is 1. The van der Waals surface area contributed by atoms with Crippen LogP contribution in [0.2, 0.25) is 0 Å². The monoisotopic (exact) mass is 308 g/mol. The fraction of sp³-hybridized carbons (Fsp3) is 0.182. The second-order valence-electron chi connectivity index (χ2n) is 4.03. The van der Waals surface area contributed by atoms with Crippen molar-refractivity contribution in [2.45, 2.75) is 23.4 Å². The van der Waals surface area contributed by atoms with Crippen molar-refractivity contribution in [2.24, 2.45) is 5.73 Å². The molecule has 2 aromatic rings. The summed E-state index contributed by atoms with van der Waals surface area (Å²) >= 11 is 0.996. The first-order valence-corrected chi connectivity index (χ1v) is 6.71. The summed E-state index contributed by atoms with van der Waals surface area (Å²) in [4.78, 5) is 21.9. The van der Waals surface area contributed by atoms with E-state index in [4.69, 9.17) is 11.6 Å². The first kappa shape index (κ1) is 14.8. The van der Waals surface area contributed by atoms with Crippen LogP contribution in [0.25, 0.3) is 0 Å². The molecule has 0 unspecified atom stereocenters. The van der Waals surface area contributed by atoms with Gasteiger partial charge in [-0.05, 0) is 23.9 Å². The van der Waals surface area contributed by atoms with Crippen LogP contribution >= 0.6 is 11.8 Å². The lowest BCUT2D eigenvalue weighted by Gasteiger charge is -2.04. The van der Waals surface area contributed by atoms with Crippen molar-refractivity contribution < 1.29 is 9.72 Å². The highest BCUT2D eigenvalue weighted by Crippen LogP contribution is 2.34. The third-order valence-electron chi connectivity index (χ3n) is 2.69. The number of rotatable bonds is 5. The standard InChI is InChI=1S/C11H12N6O3S/c1-2-9-14-15-11(16(9)13)21-8-4-3-6(10(12)18)5-7(8)17(19)20/h3-5H,2,13H2,1H3,(H2,12,18). The largest absolute Gasteiger partial charge is 0.366 e. The van der Waals surface area contributed by atoms with Gasteiger partial charge >= 0.3 is 0 Å². The molecule has 10 heteroatoms. The van der Waals surface area contributed by atoms with Crippen LogP contribution in [0.3, 0.4) is 0 Å². The Morgan fingerprint density at radius 1 is 1.48 bits per heavy atom. The van der Waals surface area contributed by atoms with Gasteiger partial charge in [-0.2, -0.15) is 0 Å². The van der Waals surface area contributed by atoms with E-state index in [0.29, 0.717) is 22.3 Å². The summed E-state index contributed by atoms with van der Waals surface area (Å²) in [6.45, 7) is 1.87. The second kappa shape index (κ2) is 5.79. The van der Waals surface area contributed by atoms with Gasteiger partial charge < -0.3 is 11.6 Å². The summed E-state index contributed by atoms with van der Waals surface area (Å²) in [5, 5.41) is 19.2. The van der Waals surface area contributed by atoms with E-state index in [1.807, 2.05) is 6.92 Å². The number of hydrogen-bond acceptors (Lipinski definition) is 7. The number of nitrogen functional groups attached to an aromatic ring is 1. The number of aromatic nitrogens is 3. The van der Waals surface area contributed by atoms with Gasteiger partial charge in [-0.25, -0.2) is 4.68 Å². The number of nitrogens with zero attached hydrogens (tertiary/aromatic N) is 4. The van der Waals surface area contributed by atoms with Crippen LogP contribution in [0.15, 0.2) is 28.3 Å². The molecule has 0 aliphatic heterocycles. The van der Waals surface area contributed by atoms with Crippen LogP contribution in [0, 0.1) is 10.1 Å². The highest BCUT2D eigenvalue weighted by atomic mass is 32.2. The lowest BCUT2D eigenvalue weighted by molar-refractivity contribution is -0.387. The average molecular weight is 308 g/mol. The fourth-order valence-electron chi connectivity index (χ4n) is 1.62. The lowest BCUT2D eigenvalue weighted by atomic mass is 10.2. The van der Waals surface area contributed by atoms with Crippen LogP contribution in [0.5, 0.6) is 0 Å². The Morgan fingerprint density at radius 3 is 2.71 bits per heavy atom. The third kappa shape index (κ3) is 2.94. The van der Waals surface area contributed by atoms with Crippen molar-refractivity contribution in [3.05, 3.63) is 39.7 Å². The Kier molecular flexibility index (Phi) is 4.08. The minimum Gasteiger partial charge on any atom is -0.366 e. The van der Waals surface area contributed by atoms with Crippen molar-refractivity contribution in [1.29, 1.82) is 0 Å². The maximum Gasteiger partial charge on any atom is 0.284 e. The van der Waals surface area contributed by atoms with Gasteiger partial charge in [0.15, 0.2) is 5.82 Å². The molecule has 0 fully saturated rings. The van der Waals surface area contributed by atoms with Gasteiger partial charge in [-0.1, -0.05) is 6.92 Å². The number of carbonyl (C=O) groups is 1. The van der Waals surface area contributed by atoms with E-state index < -0.39 is 10.8 Å². The molecule has 0 atom stereocenters. The normalized spacial score (nSPS) is 10.5. The molecule has 9 nitrogen and oxygen atoms in total. The number of nitro benzene ring substituents is 1. The van der Waals surface area contributed by atoms with Gasteiger partial charge in [0.2, 0.25) is 11.1 Å². The topological polar surface area (TPSA) is 143 Å². The first-order valence-electron chi connectivity index (χ1n) is 5.89. The highest BCUT2D eigenvalue weighted by Gasteiger charge is 2.20. The van der Waals surface area contributed by atoms with Gasteiger partial charge in [-0.15, -0.1) is 10.2 Å². The minimum atomic E-state index is -0.732. The van der Waals surface area contributed by atoms with E-state index in [2.05, 4.69) is 10.2 Å². The zero-order valence-electron chi connectivity index (χ0n) is 11.0. The summed E-state index contributed by atoms with van der Waals surface area (Å²) < 4.78 is 1.27. The van der Waals surface area contributed by atoms with Crippen LogP contribution in [0.1, 0.15) is 23.1 Å². The number of aryl methyl sites for hydroxylation is 1. The van der Waals surface area contributed by atoms with Gasteiger partial charge in [-0.3, -0.25) is 14.9 Å². The molecule has 1 aromatic heterocycles. The Hall–Kier alpha value is -2.62. The van der Waals surface area contributed by atoms with Crippen molar-refractivity contribution in [3.63, 3.8) is 0 Å². The molecule has 4 N–H and O–H groups in total. The zero-order valence-corrected chi connectivity index (χ0v) is 11.8. The summed E-state index contributed by atoms with van der Waals surface area (Å²) in [7, 11) is 0. The molecule has 0 saturated heterocycles. The molecule has 0 bridgehead atoms. The Bertz CT molecular complexity index is 714. The number of nitro groups is 1. The number of amides is 1. The van der Waals surface area contributed by atoms with E-state index in [9.17, 15) is 14.9 Å². The van der Waals surface area contributed by atoms with Gasteiger partial charge in [0, 0.05) is 18.1 Å². The van der Waals surface area contributed by atoms with Crippen LogP contribution in [-0.2, 0) is 6.42 Å². The summed E-state index contributed by atoms with van der Waals surface area (Å²) in [6, 6.07) is 3.97. The zero-order chi connectivity index (χ0) is 15.6. The summed E-state index contributed by atoms with van der Waals surface area (Å²) in [5.41, 5.74) is 4.94. The molecular weight excluding hydrogens is 296 g/mol. The van der Waals surface area contributed by atoms with E-state index in [0.717, 1.165) is 17.8 Å². The van der Waals surface area contributed by atoms with Crippen molar-refractivity contribution in [1.82, 2.24) is 14.9 Å². The minimum absolute atomic E-state index is 0.0644. The molecule has 1 aromatic carbocycles. The Morgan fingerprint density at radius 2 is 2.19 bits per heavy atom. The Labute approximate surface area is 123 Å². The van der Waals surface area contributed by atoms with Crippen molar-refractivity contribution in [2.75, 3.05) is 5.84 Å². The van der Waals surface area contributed by atoms with Crippen LogP contribution in [0.4, 0.5) is 5.69 Å². The second-order valence-corrected chi connectivity index (χ2v) is 5.04. The molecule has 110 valence electrons. The molecule has 0 spiro atoms. The van der Waals surface area contributed by atoms with Crippen LogP contribution in [-0.4, -0.2) is 25.7 Å². The first-order chi connectivity index (χ1) is 9.93. The molecular formula is C11H12N6O3S. The molecule has 1 heterocycles. The van der Waals surface area contributed by atoms with Crippen molar-refractivity contribution in [3.8, 4) is 0 Å².